The SMILES string of the molecule is F[P-](F)(F)(F)(F)F.F[P-](F)(F)(F)(F)F.F[P-](F)(F)(F)(F)F.F[P-](F)(F)(F)(F)F.Oc1c2cccc1Cc1cccc3c1OCCOCCOc1ccc(cc1)OCCOCCOCCOCCOc1ccc(cc1)OCCOCCOc1c(cccc1Cc1cccc(c1O)C3)C2.c1cc2ccc1C[n+]1ccc(cc1)-c1cc[n+](cc1)Cc1ccc(cc1)C[n+]1ccc(cc1)-c1cc[n+](cc1)C2. The molecule has 45 heteroatoms. The van der Waals surface area contributed by atoms with Gasteiger partial charge in [0.25, 0.3) is 0 Å². The Balaban J connectivity index is 0.000000236. The summed E-state index contributed by atoms with van der Waals surface area (Å²) >= 11 is 0. The van der Waals surface area contributed by atoms with Gasteiger partial charge < -0.3 is 62.3 Å². The number of fused-ring (bicyclic) bond motifs is 2. The molecular formula is C92H94F24N4O13P4. The van der Waals surface area contributed by atoms with Crippen LogP contribution in [-0.4, -0.2) is 116 Å². The van der Waals surface area contributed by atoms with Crippen molar-refractivity contribution in [1.29, 1.82) is 0 Å². The van der Waals surface area contributed by atoms with Crippen molar-refractivity contribution in [1.82, 2.24) is 0 Å². The van der Waals surface area contributed by atoms with Gasteiger partial charge in [-0.05, 0) is 115 Å². The number of halogens is 24. The number of pyridine rings is 4. The number of ether oxygens (including phenoxy) is 11. The molecule has 0 amide bonds. The second-order valence-corrected chi connectivity index (χ2v) is 38.6. The second-order valence-electron chi connectivity index (χ2n) is 31.0. The molecule has 2 N–H and O–H groups in total. The van der Waals surface area contributed by atoms with Crippen LogP contribution in [0.15, 0.2) is 268 Å². The van der Waals surface area contributed by atoms with Crippen molar-refractivity contribution >= 4 is 31.2 Å². The Labute approximate surface area is 769 Å². The molecule has 0 unspecified atom stereocenters. The average Bonchev–Trinajstić information content (AvgIpc) is 0.796. The van der Waals surface area contributed by atoms with Crippen molar-refractivity contribution < 1.29 is 181 Å². The third-order valence-electron chi connectivity index (χ3n) is 19.3. The van der Waals surface area contributed by atoms with Crippen LogP contribution < -0.4 is 46.7 Å². The smallest absolute Gasteiger partial charge is 0.173 e. The molecule has 0 radical (unpaired) electrons. The van der Waals surface area contributed by atoms with Gasteiger partial charge in [-0.25, -0.2) is 18.3 Å². The number of aromatic hydroxyl groups is 2. The van der Waals surface area contributed by atoms with E-state index in [1.165, 1.54) is 44.5 Å². The average molecular weight is 2040 g/mol. The zero-order valence-electron chi connectivity index (χ0n) is 72.4. The Morgan fingerprint density at radius 2 is 0.343 bits per heavy atom. The van der Waals surface area contributed by atoms with Gasteiger partial charge in [-0.15, -0.1) is 0 Å². The number of phenolic OH excluding ortho intramolecular Hbond substituents is 2. The first-order valence-electron chi connectivity index (χ1n) is 41.7. The fraction of sp³-hybridized carbons (Fsp3) is 0.261. The minimum absolute atomic E-state index is 0.229. The largest absolute Gasteiger partial charge is 0.507 e. The van der Waals surface area contributed by atoms with Gasteiger partial charge in [-0.1, -0.05) is 121 Å². The monoisotopic (exact) mass is 2040 g/mol. The minimum atomic E-state index is -10.7. The van der Waals surface area contributed by atoms with E-state index in [-0.39, 0.29) is 11.5 Å². The Hall–Kier alpha value is -11.4. The number of aromatic nitrogens is 4. The molecular weight excluding hydrogens is 1950 g/mol. The predicted octanol–water partition coefficient (Wildman–Crippen LogP) is 26.8. The summed E-state index contributed by atoms with van der Waals surface area (Å²) in [5.41, 5.74) is 16.8. The summed E-state index contributed by atoms with van der Waals surface area (Å²) in [5, 5.41) is 23.7. The van der Waals surface area contributed by atoms with E-state index < -0.39 is 31.2 Å². The first-order valence-corrected chi connectivity index (χ1v) is 49.8. The third kappa shape index (κ3) is 46.5. The number of nitrogens with zero attached hydrogens (tertiary/aromatic N) is 4. The van der Waals surface area contributed by atoms with E-state index in [1.54, 1.807) is 0 Å². The Morgan fingerprint density at radius 1 is 0.190 bits per heavy atom. The maximum absolute atomic E-state index is 11.8. The van der Waals surface area contributed by atoms with Gasteiger partial charge >= 0.3 is 132 Å². The molecule has 8 aromatic carbocycles. The van der Waals surface area contributed by atoms with Crippen molar-refractivity contribution in [2.75, 3.05) is 106 Å². The Morgan fingerprint density at radius 3 is 0.518 bits per heavy atom. The van der Waals surface area contributed by atoms with Gasteiger partial charge in [0, 0.05) is 96.5 Å². The van der Waals surface area contributed by atoms with Crippen LogP contribution in [0.4, 0.5) is 101 Å². The summed E-state index contributed by atoms with van der Waals surface area (Å²) in [6, 6.07) is 74.3. The molecule has 0 saturated carbocycles. The number of hydrogen-bond acceptors (Lipinski definition) is 13. The van der Waals surface area contributed by atoms with Crippen LogP contribution in [0.3, 0.4) is 0 Å². The maximum atomic E-state index is 11.8. The molecule has 26 bridgehead atoms. The van der Waals surface area contributed by atoms with Gasteiger partial charge in [0.15, 0.2) is 75.8 Å². The van der Waals surface area contributed by atoms with Crippen molar-refractivity contribution in [3.8, 4) is 68.2 Å². The molecule has 0 fully saturated rings. The zero-order valence-corrected chi connectivity index (χ0v) is 76.0. The van der Waals surface area contributed by atoms with Crippen LogP contribution in [0.5, 0.6) is 46.0 Å². The molecule has 748 valence electrons. The van der Waals surface area contributed by atoms with Crippen LogP contribution in [0.1, 0.15) is 66.8 Å². The van der Waals surface area contributed by atoms with E-state index in [0.717, 1.165) is 82.2 Å². The number of hydrogen-bond donors (Lipinski definition) is 2. The molecule has 12 aromatic rings. The Kier molecular flexibility index (Phi) is 33.4. The molecule has 0 saturated heterocycles. The molecule has 33 rings (SSSR count). The van der Waals surface area contributed by atoms with Gasteiger partial charge in [0.2, 0.25) is 0 Å². The minimum Gasteiger partial charge on any atom is -0.507 e. The summed E-state index contributed by atoms with van der Waals surface area (Å²) in [6.45, 7) is 9.67. The summed E-state index contributed by atoms with van der Waals surface area (Å²) in [5.74, 6) is 4.73. The zero-order chi connectivity index (χ0) is 99.7. The van der Waals surface area contributed by atoms with E-state index >= 15 is 0 Å². The van der Waals surface area contributed by atoms with E-state index in [4.69, 9.17) is 52.1 Å². The molecule has 0 atom stereocenters. The van der Waals surface area contributed by atoms with Crippen molar-refractivity contribution in [2.45, 2.75) is 51.9 Å². The topological polar surface area (TPSA) is 158 Å². The normalized spacial score (nSPS) is 16.8. The summed E-state index contributed by atoms with van der Waals surface area (Å²) in [7, 11) is -42.6. The molecule has 1 aliphatic carbocycles. The Bertz CT molecular complexity index is 5250. The molecule has 21 aliphatic rings. The van der Waals surface area contributed by atoms with Crippen molar-refractivity contribution in [2.24, 2.45) is 0 Å². The quantitative estimate of drug-likeness (QED) is 0.0840. The first kappa shape index (κ1) is 108. The van der Waals surface area contributed by atoms with E-state index in [2.05, 4.69) is 165 Å². The fourth-order valence-corrected chi connectivity index (χ4v) is 13.5. The number of benzene rings is 8. The number of rotatable bonds is 0. The van der Waals surface area contributed by atoms with Crippen molar-refractivity contribution in [3.05, 3.63) is 335 Å². The van der Waals surface area contributed by atoms with Crippen LogP contribution in [0, 0.1) is 0 Å². The summed E-state index contributed by atoms with van der Waals surface area (Å²) in [6.07, 6.45) is 19.1. The van der Waals surface area contributed by atoms with E-state index in [9.17, 15) is 111 Å². The van der Waals surface area contributed by atoms with Crippen LogP contribution in [-0.2, 0) is 75.5 Å². The molecule has 24 heterocycles. The van der Waals surface area contributed by atoms with Gasteiger partial charge in [-0.2, -0.15) is 0 Å². The summed E-state index contributed by atoms with van der Waals surface area (Å²) in [4.78, 5) is 0. The first-order chi connectivity index (χ1) is 63.6. The molecule has 0 spiro atoms. The molecule has 20 aliphatic heterocycles. The number of phenols is 2. The van der Waals surface area contributed by atoms with Gasteiger partial charge in [-0.3, -0.25) is 0 Å². The van der Waals surface area contributed by atoms with Crippen LogP contribution >= 0.6 is 31.2 Å². The van der Waals surface area contributed by atoms with E-state index in [0.29, 0.717) is 154 Å². The van der Waals surface area contributed by atoms with Gasteiger partial charge in [0.05, 0.1) is 66.1 Å². The van der Waals surface area contributed by atoms with Crippen molar-refractivity contribution in [3.63, 3.8) is 0 Å². The number of para-hydroxylation sites is 4. The van der Waals surface area contributed by atoms with E-state index in [1.807, 2.05) is 121 Å². The standard InChI is InChI=1S/C56H62O13.C36H32N4.4F6P/c57-53-41-5-1-6-42(53)38-46-10-4-12-48-40-44-8-2-7-43(54(44)58)39-47-11-3-9-45(37-41)55(47)68-35-29-62-27-33-66-51-17-13-49(14-18-51)64-31-25-60-23-21-59-22-24-61-26-32-65-50-15-19-52(20-16-50)67-34-28-63-30-36-69-56(46)48;1-2-30-4-3-29(1)25-37-17-9-33(10-18-37)35-13-21-39(22-14-35)27-31-5-7-32(8-6-31)28-40-23-15-36(16-24-40)34-11-19-38(26-30)20-12-34;4*1-7(2,3,4,5)6/h1-20,57-58H,21-40H2;1-24H,25-28H2;;;;/q;+4;4*-1. The maximum Gasteiger partial charge on any atom is 0.173 e. The van der Waals surface area contributed by atoms with Crippen LogP contribution in [0.25, 0.3) is 22.3 Å². The van der Waals surface area contributed by atoms with Gasteiger partial charge in [0.1, 0.15) is 85.6 Å². The predicted molar refractivity (Wildman–Crippen MR) is 468 cm³/mol. The second kappa shape index (κ2) is 42.5. The molecule has 17 nitrogen and oxygen atoms in total. The third-order valence-corrected chi connectivity index (χ3v) is 19.3. The summed E-state index contributed by atoms with van der Waals surface area (Å²) < 4.78 is 311. The fourth-order valence-electron chi connectivity index (χ4n) is 13.5. The molecule has 4 aromatic heterocycles. The van der Waals surface area contributed by atoms with Crippen LogP contribution in [0.2, 0.25) is 0 Å². The molecule has 137 heavy (non-hydrogen) atoms.